The number of carbonyl (C=O) groups is 1. The average Bonchev–Trinajstić information content (AvgIpc) is 2.52. The van der Waals surface area contributed by atoms with Gasteiger partial charge in [-0.1, -0.05) is 48.3 Å². The standard InChI is InChI=1S/C17H17Cl2NO2/c1-2-16(22-15-5-3-4-14(19)10-15)17(21)20-11-12-6-8-13(18)9-7-12/h3-10,16H,2,11H2,1H3,(H,20,21). The highest BCUT2D eigenvalue weighted by atomic mass is 35.5. The second kappa shape index (κ2) is 8.06. The number of benzene rings is 2. The van der Waals surface area contributed by atoms with Gasteiger partial charge in [0, 0.05) is 16.6 Å². The summed E-state index contributed by atoms with van der Waals surface area (Å²) < 4.78 is 5.70. The molecule has 116 valence electrons. The molecule has 0 saturated carbocycles. The van der Waals surface area contributed by atoms with E-state index in [0.717, 1.165) is 5.56 Å². The first kappa shape index (κ1) is 16.7. The summed E-state index contributed by atoms with van der Waals surface area (Å²) in [5.41, 5.74) is 0.982. The molecule has 0 aliphatic rings. The maximum atomic E-state index is 12.2. The normalized spacial score (nSPS) is 11.8. The highest BCUT2D eigenvalue weighted by molar-refractivity contribution is 6.30. The van der Waals surface area contributed by atoms with Crippen molar-refractivity contribution in [1.82, 2.24) is 5.32 Å². The van der Waals surface area contributed by atoms with Crippen molar-refractivity contribution in [3.8, 4) is 5.75 Å². The third kappa shape index (κ3) is 4.93. The summed E-state index contributed by atoms with van der Waals surface area (Å²) in [6, 6.07) is 14.4. The SMILES string of the molecule is CCC(Oc1cccc(Cl)c1)C(=O)NCc1ccc(Cl)cc1. The quantitative estimate of drug-likeness (QED) is 0.844. The zero-order valence-electron chi connectivity index (χ0n) is 12.2. The van der Waals surface area contributed by atoms with E-state index in [0.29, 0.717) is 28.8 Å². The van der Waals surface area contributed by atoms with Crippen LogP contribution in [0.15, 0.2) is 48.5 Å². The second-order valence-corrected chi connectivity index (χ2v) is 5.69. The van der Waals surface area contributed by atoms with E-state index >= 15 is 0 Å². The maximum absolute atomic E-state index is 12.2. The highest BCUT2D eigenvalue weighted by Crippen LogP contribution is 2.19. The fourth-order valence-electron chi connectivity index (χ4n) is 1.93. The topological polar surface area (TPSA) is 38.3 Å². The molecule has 3 nitrogen and oxygen atoms in total. The molecule has 2 aromatic carbocycles. The van der Waals surface area contributed by atoms with Crippen molar-refractivity contribution in [2.24, 2.45) is 0 Å². The zero-order valence-corrected chi connectivity index (χ0v) is 13.7. The Kier molecular flexibility index (Phi) is 6.10. The van der Waals surface area contributed by atoms with Crippen LogP contribution in [0.1, 0.15) is 18.9 Å². The van der Waals surface area contributed by atoms with E-state index in [-0.39, 0.29) is 5.91 Å². The summed E-state index contributed by atoms with van der Waals surface area (Å²) in [6.45, 7) is 2.34. The van der Waals surface area contributed by atoms with Crippen molar-refractivity contribution < 1.29 is 9.53 Å². The maximum Gasteiger partial charge on any atom is 0.261 e. The van der Waals surface area contributed by atoms with E-state index in [1.165, 1.54) is 0 Å². The average molecular weight is 338 g/mol. The minimum atomic E-state index is -0.550. The largest absolute Gasteiger partial charge is 0.481 e. The van der Waals surface area contributed by atoms with Crippen LogP contribution in [-0.2, 0) is 11.3 Å². The molecular weight excluding hydrogens is 321 g/mol. The Balaban J connectivity index is 1.92. The third-order valence-electron chi connectivity index (χ3n) is 3.12. The van der Waals surface area contributed by atoms with Gasteiger partial charge in [0.1, 0.15) is 5.75 Å². The number of carbonyl (C=O) groups excluding carboxylic acids is 1. The molecule has 0 bridgehead atoms. The number of hydrogen-bond donors (Lipinski definition) is 1. The van der Waals surface area contributed by atoms with Gasteiger partial charge in [-0.3, -0.25) is 4.79 Å². The molecule has 0 aliphatic carbocycles. The molecule has 22 heavy (non-hydrogen) atoms. The van der Waals surface area contributed by atoms with Gasteiger partial charge in [-0.05, 0) is 42.3 Å². The van der Waals surface area contributed by atoms with Gasteiger partial charge < -0.3 is 10.1 Å². The molecule has 0 aliphatic heterocycles. The van der Waals surface area contributed by atoms with Gasteiger partial charge in [0.25, 0.3) is 5.91 Å². The Morgan fingerprint density at radius 1 is 1.14 bits per heavy atom. The fraction of sp³-hybridized carbons (Fsp3) is 0.235. The van der Waals surface area contributed by atoms with Crippen LogP contribution in [0.3, 0.4) is 0 Å². The van der Waals surface area contributed by atoms with E-state index in [9.17, 15) is 4.79 Å². The molecule has 1 N–H and O–H groups in total. The van der Waals surface area contributed by atoms with Crippen LogP contribution >= 0.6 is 23.2 Å². The van der Waals surface area contributed by atoms with Gasteiger partial charge in [-0.2, -0.15) is 0 Å². The van der Waals surface area contributed by atoms with Crippen molar-refractivity contribution in [1.29, 1.82) is 0 Å². The summed E-state index contributed by atoms with van der Waals surface area (Å²) >= 11 is 11.7. The number of nitrogens with one attached hydrogen (secondary N) is 1. The predicted molar refractivity (Wildman–Crippen MR) is 89.5 cm³/mol. The van der Waals surface area contributed by atoms with Crippen molar-refractivity contribution in [2.45, 2.75) is 26.0 Å². The molecule has 5 heteroatoms. The number of hydrogen-bond acceptors (Lipinski definition) is 2. The number of rotatable bonds is 6. The molecule has 0 radical (unpaired) electrons. The second-order valence-electron chi connectivity index (χ2n) is 4.82. The van der Waals surface area contributed by atoms with Gasteiger partial charge in [-0.15, -0.1) is 0 Å². The highest BCUT2D eigenvalue weighted by Gasteiger charge is 2.18. The van der Waals surface area contributed by atoms with Gasteiger partial charge in [-0.25, -0.2) is 0 Å². The number of amides is 1. The molecule has 2 rings (SSSR count). The lowest BCUT2D eigenvalue weighted by Gasteiger charge is -2.17. The van der Waals surface area contributed by atoms with Gasteiger partial charge in [0.05, 0.1) is 0 Å². The molecule has 2 aromatic rings. The van der Waals surface area contributed by atoms with Crippen molar-refractivity contribution >= 4 is 29.1 Å². The lowest BCUT2D eigenvalue weighted by Crippen LogP contribution is -2.37. The lowest BCUT2D eigenvalue weighted by molar-refractivity contribution is -0.128. The first-order valence-corrected chi connectivity index (χ1v) is 7.78. The Bertz CT molecular complexity index is 629. The zero-order chi connectivity index (χ0) is 15.9. The molecule has 1 amide bonds. The van der Waals surface area contributed by atoms with E-state index in [4.69, 9.17) is 27.9 Å². The summed E-state index contributed by atoms with van der Waals surface area (Å²) in [5.74, 6) is 0.429. The van der Waals surface area contributed by atoms with Crippen LogP contribution < -0.4 is 10.1 Å². The Morgan fingerprint density at radius 2 is 1.86 bits per heavy atom. The summed E-state index contributed by atoms with van der Waals surface area (Å²) in [5, 5.41) is 4.11. The minimum Gasteiger partial charge on any atom is -0.481 e. The van der Waals surface area contributed by atoms with Crippen LogP contribution in [0, 0.1) is 0 Å². The summed E-state index contributed by atoms with van der Waals surface area (Å²) in [7, 11) is 0. The van der Waals surface area contributed by atoms with Gasteiger partial charge >= 0.3 is 0 Å². The molecule has 1 atom stereocenters. The lowest BCUT2D eigenvalue weighted by atomic mass is 10.2. The monoisotopic (exact) mass is 337 g/mol. The Labute approximate surface area is 140 Å². The molecule has 0 spiro atoms. The minimum absolute atomic E-state index is 0.155. The summed E-state index contributed by atoms with van der Waals surface area (Å²) in [4.78, 5) is 12.2. The molecule has 1 unspecified atom stereocenters. The first-order valence-electron chi connectivity index (χ1n) is 7.03. The van der Waals surface area contributed by atoms with Crippen molar-refractivity contribution in [3.05, 3.63) is 64.1 Å². The molecule has 0 saturated heterocycles. The van der Waals surface area contributed by atoms with Crippen LogP contribution in [0.5, 0.6) is 5.75 Å². The summed E-state index contributed by atoms with van der Waals surface area (Å²) in [6.07, 6.45) is 0.0182. The van der Waals surface area contributed by atoms with Crippen LogP contribution in [0.2, 0.25) is 10.0 Å². The molecule has 0 aromatic heterocycles. The van der Waals surface area contributed by atoms with E-state index in [1.807, 2.05) is 19.1 Å². The van der Waals surface area contributed by atoms with E-state index in [2.05, 4.69) is 5.32 Å². The van der Waals surface area contributed by atoms with E-state index in [1.54, 1.807) is 36.4 Å². The number of halogens is 2. The third-order valence-corrected chi connectivity index (χ3v) is 3.60. The predicted octanol–water partition coefficient (Wildman–Crippen LogP) is 4.47. The van der Waals surface area contributed by atoms with Gasteiger partial charge in [0.2, 0.25) is 0 Å². The van der Waals surface area contributed by atoms with Crippen molar-refractivity contribution in [2.75, 3.05) is 0 Å². The van der Waals surface area contributed by atoms with Crippen LogP contribution in [-0.4, -0.2) is 12.0 Å². The van der Waals surface area contributed by atoms with Crippen molar-refractivity contribution in [3.63, 3.8) is 0 Å². The number of ether oxygens (including phenoxy) is 1. The van der Waals surface area contributed by atoms with Gasteiger partial charge in [0.15, 0.2) is 6.10 Å². The van der Waals surface area contributed by atoms with E-state index < -0.39 is 6.10 Å². The molecule has 0 heterocycles. The fourth-order valence-corrected chi connectivity index (χ4v) is 2.24. The molecule has 0 fully saturated rings. The smallest absolute Gasteiger partial charge is 0.261 e. The Morgan fingerprint density at radius 3 is 2.50 bits per heavy atom. The Hall–Kier alpha value is -1.71. The van der Waals surface area contributed by atoms with Crippen LogP contribution in [0.25, 0.3) is 0 Å². The van der Waals surface area contributed by atoms with Crippen LogP contribution in [0.4, 0.5) is 0 Å². The molecular formula is C17H17Cl2NO2. The first-order chi connectivity index (χ1) is 10.6.